The van der Waals surface area contributed by atoms with Crippen LogP contribution in [0.25, 0.3) is 0 Å². The third-order valence-electron chi connectivity index (χ3n) is 1.84. The zero-order chi connectivity index (χ0) is 10.5. The van der Waals surface area contributed by atoms with Crippen LogP contribution in [0.5, 0.6) is 0 Å². The quantitative estimate of drug-likeness (QED) is 0.928. The molecule has 0 fully saturated rings. The second kappa shape index (κ2) is 7.65. The number of carbonyl (C=O) groups is 1. The first-order chi connectivity index (χ1) is 7.36. The minimum absolute atomic E-state index is 0. The summed E-state index contributed by atoms with van der Waals surface area (Å²) in [5, 5.41) is 2.70. The summed E-state index contributed by atoms with van der Waals surface area (Å²) in [7, 11) is 0. The van der Waals surface area contributed by atoms with Crippen LogP contribution in [-0.2, 0) is 6.54 Å². The van der Waals surface area contributed by atoms with Crippen LogP contribution in [0.3, 0.4) is 0 Å². The van der Waals surface area contributed by atoms with Crippen molar-refractivity contribution in [3.63, 3.8) is 0 Å². The Morgan fingerprint density at radius 1 is 1.41 bits per heavy atom. The monoisotopic (exact) mass is 275 g/mol. The van der Waals surface area contributed by atoms with E-state index in [1.165, 1.54) is 12.7 Å². The van der Waals surface area contributed by atoms with E-state index >= 15 is 0 Å². The van der Waals surface area contributed by atoms with E-state index in [9.17, 15) is 4.79 Å². The fourth-order valence-electron chi connectivity index (χ4n) is 1.10. The van der Waals surface area contributed by atoms with E-state index < -0.39 is 0 Å². The number of carbonyl (C=O) groups excluding carboxylic acids is 1. The molecule has 0 aromatic carbocycles. The van der Waals surface area contributed by atoms with Gasteiger partial charge in [-0.15, -0.1) is 24.8 Å². The predicted molar refractivity (Wildman–Crippen MR) is 66.4 cm³/mol. The van der Waals surface area contributed by atoms with Gasteiger partial charge in [-0.1, -0.05) is 6.07 Å². The Hall–Kier alpha value is -1.59. The predicted octanol–water partition coefficient (Wildman–Crippen LogP) is 1.84. The van der Waals surface area contributed by atoms with Crippen molar-refractivity contribution in [2.75, 3.05) is 0 Å². The standard InChI is InChI=1S/C10H9N3O2.2ClH/c14-10(9-6-15-7-13-9)12-5-8-2-1-3-11-4-8;;/h1-4,6-7H,5H2,(H,12,14);2*1H. The topological polar surface area (TPSA) is 68.0 Å². The van der Waals surface area contributed by atoms with Crippen LogP contribution >= 0.6 is 24.8 Å². The van der Waals surface area contributed by atoms with Crippen molar-refractivity contribution in [3.8, 4) is 0 Å². The molecule has 0 radical (unpaired) electrons. The van der Waals surface area contributed by atoms with Crippen LogP contribution in [0.15, 0.2) is 41.6 Å². The van der Waals surface area contributed by atoms with Crippen molar-refractivity contribution in [2.45, 2.75) is 6.54 Å². The van der Waals surface area contributed by atoms with Crippen LogP contribution in [0.2, 0.25) is 0 Å². The highest BCUT2D eigenvalue weighted by Crippen LogP contribution is 1.97. The lowest BCUT2D eigenvalue weighted by molar-refractivity contribution is 0.0946. The Kier molecular flexibility index (Phi) is 6.93. The van der Waals surface area contributed by atoms with Gasteiger partial charge >= 0.3 is 0 Å². The average molecular weight is 276 g/mol. The molecule has 0 bridgehead atoms. The molecule has 0 aliphatic carbocycles. The Morgan fingerprint density at radius 2 is 2.24 bits per heavy atom. The molecule has 92 valence electrons. The van der Waals surface area contributed by atoms with Crippen LogP contribution in [0.1, 0.15) is 16.1 Å². The number of pyridine rings is 1. The molecule has 0 saturated heterocycles. The van der Waals surface area contributed by atoms with Gasteiger partial charge in [0.1, 0.15) is 6.26 Å². The number of halogens is 2. The minimum Gasteiger partial charge on any atom is -0.451 e. The lowest BCUT2D eigenvalue weighted by atomic mass is 10.3. The van der Waals surface area contributed by atoms with E-state index in [-0.39, 0.29) is 36.4 Å². The number of hydrogen-bond acceptors (Lipinski definition) is 4. The SMILES string of the molecule is Cl.Cl.O=C(NCc1cccnc1)c1cocn1. The Labute approximate surface area is 110 Å². The summed E-state index contributed by atoms with van der Waals surface area (Å²) in [5.41, 5.74) is 1.22. The Bertz CT molecular complexity index is 434. The molecular formula is C10H11Cl2N3O2. The normalized spacial score (nSPS) is 8.71. The molecule has 0 spiro atoms. The van der Waals surface area contributed by atoms with Gasteiger partial charge < -0.3 is 9.73 Å². The second-order valence-corrected chi connectivity index (χ2v) is 2.92. The fraction of sp³-hybridized carbons (Fsp3) is 0.100. The lowest BCUT2D eigenvalue weighted by Crippen LogP contribution is -2.23. The molecule has 2 aromatic heterocycles. The molecule has 5 nitrogen and oxygen atoms in total. The second-order valence-electron chi connectivity index (χ2n) is 2.92. The van der Waals surface area contributed by atoms with E-state index in [0.29, 0.717) is 6.54 Å². The Balaban J connectivity index is 0.00000128. The van der Waals surface area contributed by atoms with Crippen molar-refractivity contribution in [3.05, 3.63) is 48.4 Å². The van der Waals surface area contributed by atoms with Crippen molar-refractivity contribution in [1.82, 2.24) is 15.3 Å². The van der Waals surface area contributed by atoms with E-state index in [1.807, 2.05) is 12.1 Å². The lowest BCUT2D eigenvalue weighted by Gasteiger charge is -2.01. The third kappa shape index (κ3) is 4.42. The number of rotatable bonds is 3. The number of nitrogens with zero attached hydrogens (tertiary/aromatic N) is 2. The van der Waals surface area contributed by atoms with Gasteiger partial charge in [-0.05, 0) is 11.6 Å². The van der Waals surface area contributed by atoms with E-state index in [2.05, 4.69) is 15.3 Å². The number of oxazole rings is 1. The van der Waals surface area contributed by atoms with Gasteiger partial charge in [0, 0.05) is 18.9 Å². The van der Waals surface area contributed by atoms with Gasteiger partial charge in [-0.2, -0.15) is 0 Å². The highest BCUT2D eigenvalue weighted by molar-refractivity contribution is 5.91. The molecule has 7 heteroatoms. The highest BCUT2D eigenvalue weighted by atomic mass is 35.5. The maximum Gasteiger partial charge on any atom is 0.273 e. The van der Waals surface area contributed by atoms with Crippen LogP contribution in [0.4, 0.5) is 0 Å². The molecule has 0 aliphatic rings. The first kappa shape index (κ1) is 15.4. The first-order valence-corrected chi connectivity index (χ1v) is 4.41. The fourth-order valence-corrected chi connectivity index (χ4v) is 1.10. The zero-order valence-electron chi connectivity index (χ0n) is 8.70. The van der Waals surface area contributed by atoms with Gasteiger partial charge in [0.05, 0.1) is 0 Å². The molecule has 0 saturated carbocycles. The molecule has 2 rings (SSSR count). The number of hydrogen-bond donors (Lipinski definition) is 1. The maximum absolute atomic E-state index is 11.4. The highest BCUT2D eigenvalue weighted by Gasteiger charge is 2.07. The molecule has 1 amide bonds. The minimum atomic E-state index is -0.257. The van der Waals surface area contributed by atoms with Crippen molar-refractivity contribution in [1.29, 1.82) is 0 Å². The summed E-state index contributed by atoms with van der Waals surface area (Å²) < 4.78 is 4.70. The smallest absolute Gasteiger partial charge is 0.273 e. The van der Waals surface area contributed by atoms with Crippen molar-refractivity contribution >= 4 is 30.7 Å². The summed E-state index contributed by atoms with van der Waals surface area (Å²) >= 11 is 0. The summed E-state index contributed by atoms with van der Waals surface area (Å²) in [5.74, 6) is -0.257. The zero-order valence-corrected chi connectivity index (χ0v) is 10.3. The summed E-state index contributed by atoms with van der Waals surface area (Å²) in [6.45, 7) is 0.430. The molecule has 0 unspecified atom stereocenters. The van der Waals surface area contributed by atoms with Crippen LogP contribution in [-0.4, -0.2) is 15.9 Å². The molecule has 1 N–H and O–H groups in total. The molecule has 0 aliphatic heterocycles. The van der Waals surface area contributed by atoms with Crippen LogP contribution in [0, 0.1) is 0 Å². The number of aromatic nitrogens is 2. The molecule has 0 atom stereocenters. The van der Waals surface area contributed by atoms with Gasteiger partial charge in [-0.3, -0.25) is 9.78 Å². The van der Waals surface area contributed by atoms with E-state index in [4.69, 9.17) is 4.42 Å². The van der Waals surface area contributed by atoms with Crippen molar-refractivity contribution in [2.24, 2.45) is 0 Å². The largest absolute Gasteiger partial charge is 0.451 e. The third-order valence-corrected chi connectivity index (χ3v) is 1.84. The maximum atomic E-state index is 11.4. The van der Waals surface area contributed by atoms with E-state index in [0.717, 1.165) is 5.56 Å². The van der Waals surface area contributed by atoms with Crippen LogP contribution < -0.4 is 5.32 Å². The summed E-state index contributed by atoms with van der Waals surface area (Å²) in [6, 6.07) is 3.70. The molecular weight excluding hydrogens is 265 g/mol. The number of amides is 1. The van der Waals surface area contributed by atoms with Crippen molar-refractivity contribution < 1.29 is 9.21 Å². The molecule has 2 aromatic rings. The summed E-state index contributed by atoms with van der Waals surface area (Å²) in [6.07, 6.45) is 5.91. The first-order valence-electron chi connectivity index (χ1n) is 4.41. The molecule has 17 heavy (non-hydrogen) atoms. The van der Waals surface area contributed by atoms with Gasteiger partial charge in [0.25, 0.3) is 5.91 Å². The van der Waals surface area contributed by atoms with E-state index in [1.54, 1.807) is 12.4 Å². The molecule has 2 heterocycles. The van der Waals surface area contributed by atoms with Gasteiger partial charge in [0.2, 0.25) is 0 Å². The summed E-state index contributed by atoms with van der Waals surface area (Å²) in [4.78, 5) is 19.1. The number of nitrogens with one attached hydrogen (secondary N) is 1. The Morgan fingerprint density at radius 3 is 2.82 bits per heavy atom. The van der Waals surface area contributed by atoms with Gasteiger partial charge in [0.15, 0.2) is 12.1 Å². The van der Waals surface area contributed by atoms with Gasteiger partial charge in [-0.25, -0.2) is 4.98 Å². The average Bonchev–Trinajstić information content (AvgIpc) is 2.81.